The maximum Gasteiger partial charge on any atom is 0.224 e. The molecule has 0 aliphatic rings. The Morgan fingerprint density at radius 3 is 2.60 bits per heavy atom. The van der Waals surface area contributed by atoms with Crippen molar-refractivity contribution < 1.29 is 14.3 Å². The number of ether oxygens (including phenoxy) is 2. The number of carbonyl (C=O) groups excluding carboxylic acids is 1. The number of halogens is 2. The molecule has 0 aromatic heterocycles. The third kappa shape index (κ3) is 6.48. The number of hydrogen-bond donors (Lipinski definition) is 1. The van der Waals surface area contributed by atoms with Gasteiger partial charge in [-0.05, 0) is 50.6 Å². The summed E-state index contributed by atoms with van der Waals surface area (Å²) in [6, 6.07) is 12.4. The average molecular weight is 382 g/mol. The molecular formula is C19H21Cl2NO3. The summed E-state index contributed by atoms with van der Waals surface area (Å²) >= 11 is 11.9. The van der Waals surface area contributed by atoms with Crippen molar-refractivity contribution in [2.75, 3.05) is 11.9 Å². The number of rotatable bonds is 8. The highest BCUT2D eigenvalue weighted by molar-refractivity contribution is 6.35. The molecule has 0 radical (unpaired) electrons. The predicted molar refractivity (Wildman–Crippen MR) is 102 cm³/mol. The average Bonchev–Trinajstić information content (AvgIpc) is 2.54. The smallest absolute Gasteiger partial charge is 0.224 e. The summed E-state index contributed by atoms with van der Waals surface area (Å²) in [7, 11) is 0. The van der Waals surface area contributed by atoms with Crippen LogP contribution in [0.5, 0.6) is 11.5 Å². The molecule has 6 heteroatoms. The van der Waals surface area contributed by atoms with E-state index in [4.69, 9.17) is 32.7 Å². The summed E-state index contributed by atoms with van der Waals surface area (Å²) in [5.41, 5.74) is 0.669. The summed E-state index contributed by atoms with van der Waals surface area (Å²) in [6.45, 7) is 4.27. The van der Waals surface area contributed by atoms with Crippen molar-refractivity contribution in [3.63, 3.8) is 0 Å². The first-order valence-corrected chi connectivity index (χ1v) is 8.84. The minimum atomic E-state index is -0.0920. The Bertz CT molecular complexity index is 720. The topological polar surface area (TPSA) is 47.6 Å². The molecule has 134 valence electrons. The minimum absolute atomic E-state index is 0.0376. The van der Waals surface area contributed by atoms with E-state index in [1.54, 1.807) is 18.2 Å². The van der Waals surface area contributed by atoms with E-state index in [9.17, 15) is 4.79 Å². The number of nitrogens with one attached hydrogen (secondary N) is 1. The Morgan fingerprint density at radius 2 is 1.88 bits per heavy atom. The van der Waals surface area contributed by atoms with Gasteiger partial charge >= 0.3 is 0 Å². The summed E-state index contributed by atoms with van der Waals surface area (Å²) in [6.07, 6.45) is 0.940. The zero-order chi connectivity index (χ0) is 18.2. The number of benzene rings is 2. The third-order valence-corrected chi connectivity index (χ3v) is 3.75. The number of anilines is 1. The van der Waals surface area contributed by atoms with Crippen LogP contribution in [0.4, 0.5) is 5.69 Å². The summed E-state index contributed by atoms with van der Waals surface area (Å²) < 4.78 is 11.3. The molecule has 2 aromatic rings. The molecule has 2 rings (SSSR count). The van der Waals surface area contributed by atoms with Gasteiger partial charge in [0.15, 0.2) is 0 Å². The Balaban J connectivity index is 1.79. The normalized spacial score (nSPS) is 10.6. The first-order chi connectivity index (χ1) is 12.0. The molecule has 0 saturated carbocycles. The molecule has 0 fully saturated rings. The number of amides is 1. The van der Waals surface area contributed by atoms with Crippen molar-refractivity contribution >= 4 is 34.8 Å². The van der Waals surface area contributed by atoms with Crippen molar-refractivity contribution in [1.82, 2.24) is 0 Å². The van der Waals surface area contributed by atoms with E-state index >= 15 is 0 Å². The van der Waals surface area contributed by atoms with Crippen molar-refractivity contribution in [3.8, 4) is 11.5 Å². The Morgan fingerprint density at radius 1 is 1.12 bits per heavy atom. The van der Waals surface area contributed by atoms with Gasteiger partial charge in [0, 0.05) is 11.4 Å². The number of carbonyl (C=O) groups is 1. The number of para-hydroxylation sites is 2. The zero-order valence-electron chi connectivity index (χ0n) is 14.2. The lowest BCUT2D eigenvalue weighted by molar-refractivity contribution is -0.116. The van der Waals surface area contributed by atoms with Crippen LogP contribution in [0.3, 0.4) is 0 Å². The highest BCUT2D eigenvalue weighted by Crippen LogP contribution is 2.28. The maximum atomic E-state index is 12.1. The van der Waals surface area contributed by atoms with Crippen LogP contribution in [0.25, 0.3) is 0 Å². The van der Waals surface area contributed by atoms with Gasteiger partial charge in [0.25, 0.3) is 0 Å². The van der Waals surface area contributed by atoms with Crippen molar-refractivity contribution in [1.29, 1.82) is 0 Å². The zero-order valence-corrected chi connectivity index (χ0v) is 15.7. The van der Waals surface area contributed by atoms with Crippen LogP contribution in [-0.2, 0) is 4.79 Å². The van der Waals surface area contributed by atoms with Crippen molar-refractivity contribution in [2.24, 2.45) is 0 Å². The van der Waals surface area contributed by atoms with E-state index < -0.39 is 0 Å². The van der Waals surface area contributed by atoms with Crippen LogP contribution in [0.15, 0.2) is 42.5 Å². The Labute approximate surface area is 158 Å². The second kappa shape index (κ2) is 9.54. The van der Waals surface area contributed by atoms with Gasteiger partial charge in [-0.1, -0.05) is 35.3 Å². The molecule has 0 atom stereocenters. The fourth-order valence-corrected chi connectivity index (χ4v) is 2.61. The van der Waals surface area contributed by atoms with Gasteiger partial charge in [0.1, 0.15) is 11.5 Å². The molecule has 0 aliphatic heterocycles. The first kappa shape index (κ1) is 19.4. The maximum absolute atomic E-state index is 12.1. The van der Waals surface area contributed by atoms with Crippen LogP contribution in [0.1, 0.15) is 26.7 Å². The lowest BCUT2D eigenvalue weighted by Crippen LogP contribution is -2.15. The van der Waals surface area contributed by atoms with Crippen LogP contribution in [0.2, 0.25) is 10.0 Å². The van der Waals surface area contributed by atoms with E-state index in [1.165, 1.54) is 0 Å². The summed E-state index contributed by atoms with van der Waals surface area (Å²) in [5, 5.41) is 3.88. The van der Waals surface area contributed by atoms with Crippen LogP contribution in [0, 0.1) is 0 Å². The quantitative estimate of drug-likeness (QED) is 0.607. The predicted octanol–water partition coefficient (Wildman–Crippen LogP) is 5.58. The molecule has 0 bridgehead atoms. The second-order valence-electron chi connectivity index (χ2n) is 5.74. The van der Waals surface area contributed by atoms with Crippen molar-refractivity contribution in [3.05, 3.63) is 52.5 Å². The molecule has 0 unspecified atom stereocenters. The largest absolute Gasteiger partial charge is 0.492 e. The van der Waals surface area contributed by atoms with E-state index in [0.717, 1.165) is 0 Å². The van der Waals surface area contributed by atoms with E-state index in [2.05, 4.69) is 5.32 Å². The van der Waals surface area contributed by atoms with Gasteiger partial charge in [-0.3, -0.25) is 4.79 Å². The molecule has 25 heavy (non-hydrogen) atoms. The second-order valence-corrected chi connectivity index (χ2v) is 6.58. The summed E-state index contributed by atoms with van der Waals surface area (Å²) in [4.78, 5) is 12.1. The molecule has 2 aromatic carbocycles. The van der Waals surface area contributed by atoms with Crippen molar-refractivity contribution in [2.45, 2.75) is 32.8 Å². The molecule has 1 amide bonds. The summed E-state index contributed by atoms with van der Waals surface area (Å²) in [5.74, 6) is 1.13. The van der Waals surface area contributed by atoms with Gasteiger partial charge in [-0.2, -0.15) is 0 Å². The Kier molecular flexibility index (Phi) is 7.41. The molecule has 0 aliphatic carbocycles. The van der Waals surface area contributed by atoms with Crippen LogP contribution in [-0.4, -0.2) is 18.6 Å². The molecule has 4 nitrogen and oxygen atoms in total. The lowest BCUT2D eigenvalue weighted by Gasteiger charge is -2.14. The molecule has 0 spiro atoms. The van der Waals surface area contributed by atoms with Crippen LogP contribution < -0.4 is 14.8 Å². The molecule has 0 heterocycles. The van der Waals surface area contributed by atoms with E-state index in [0.29, 0.717) is 46.7 Å². The molecule has 1 N–H and O–H groups in total. The minimum Gasteiger partial charge on any atom is -0.492 e. The monoisotopic (exact) mass is 381 g/mol. The SMILES string of the molecule is CC(C)Oc1ccccc1NC(=O)CCCOc1ccc(Cl)cc1Cl. The fourth-order valence-electron chi connectivity index (χ4n) is 2.15. The first-order valence-electron chi connectivity index (χ1n) is 8.09. The van der Waals surface area contributed by atoms with Gasteiger partial charge in [0.05, 0.1) is 23.4 Å². The highest BCUT2D eigenvalue weighted by atomic mass is 35.5. The Hall–Kier alpha value is -1.91. The molecular weight excluding hydrogens is 361 g/mol. The fraction of sp³-hybridized carbons (Fsp3) is 0.316. The highest BCUT2D eigenvalue weighted by Gasteiger charge is 2.09. The molecule has 0 saturated heterocycles. The number of hydrogen-bond acceptors (Lipinski definition) is 3. The lowest BCUT2D eigenvalue weighted by atomic mass is 10.2. The standard InChI is InChI=1S/C19H21Cl2NO3/c1-13(2)25-18-7-4-3-6-16(18)22-19(23)8-5-11-24-17-10-9-14(20)12-15(17)21/h3-4,6-7,9-10,12-13H,5,8,11H2,1-2H3,(H,22,23). The van der Waals surface area contributed by atoms with E-state index in [-0.39, 0.29) is 12.0 Å². The van der Waals surface area contributed by atoms with E-state index in [1.807, 2.05) is 38.1 Å². The van der Waals surface area contributed by atoms with Gasteiger partial charge < -0.3 is 14.8 Å². The van der Waals surface area contributed by atoms with Gasteiger partial charge in [-0.15, -0.1) is 0 Å². The van der Waals surface area contributed by atoms with Gasteiger partial charge in [-0.25, -0.2) is 0 Å². The van der Waals surface area contributed by atoms with Gasteiger partial charge in [0.2, 0.25) is 5.91 Å². The third-order valence-electron chi connectivity index (χ3n) is 3.22. The van der Waals surface area contributed by atoms with Crippen LogP contribution >= 0.6 is 23.2 Å².